The Kier molecular flexibility index (Phi) is 2.62. The third-order valence-corrected chi connectivity index (χ3v) is 3.06. The van der Waals surface area contributed by atoms with Gasteiger partial charge in [-0.15, -0.1) is 0 Å². The molecule has 0 spiro atoms. The van der Waals surface area contributed by atoms with Crippen molar-refractivity contribution < 1.29 is 5.11 Å². The van der Waals surface area contributed by atoms with Crippen LogP contribution in [0.3, 0.4) is 0 Å². The second kappa shape index (κ2) is 3.21. The van der Waals surface area contributed by atoms with E-state index >= 15 is 0 Å². The molecule has 0 bridgehead atoms. The van der Waals surface area contributed by atoms with Gasteiger partial charge in [-0.3, -0.25) is 0 Å². The molecule has 0 aromatic heterocycles. The molecule has 0 saturated heterocycles. The molecule has 70 valence electrons. The van der Waals surface area contributed by atoms with Crippen molar-refractivity contribution in [1.29, 1.82) is 0 Å². The van der Waals surface area contributed by atoms with E-state index in [1.165, 1.54) is 6.42 Å². The van der Waals surface area contributed by atoms with E-state index in [0.717, 1.165) is 18.4 Å². The van der Waals surface area contributed by atoms with Gasteiger partial charge in [-0.2, -0.15) is 0 Å². The number of hydrogen-bond acceptors (Lipinski definition) is 1. The summed E-state index contributed by atoms with van der Waals surface area (Å²) in [6.45, 7) is 10.1. The maximum absolute atomic E-state index is 10.1. The number of hydrogen-bond donors (Lipinski definition) is 1. The summed E-state index contributed by atoms with van der Waals surface area (Å²) in [4.78, 5) is 0. The van der Waals surface area contributed by atoms with Gasteiger partial charge in [0.2, 0.25) is 0 Å². The minimum atomic E-state index is -0.510. The lowest BCUT2D eigenvalue weighted by molar-refractivity contribution is -0.0331. The zero-order chi connectivity index (χ0) is 9.35. The molecule has 0 aromatic rings. The summed E-state index contributed by atoms with van der Waals surface area (Å²) in [6.07, 6.45) is 3.25. The van der Waals surface area contributed by atoms with Crippen molar-refractivity contribution in [3.8, 4) is 0 Å². The highest BCUT2D eigenvalue weighted by Gasteiger charge is 2.37. The average Bonchev–Trinajstić information content (AvgIpc) is 1.82. The third kappa shape index (κ3) is 1.89. The molecule has 0 heterocycles. The monoisotopic (exact) mass is 168 g/mol. The first kappa shape index (κ1) is 9.79. The second-order valence-corrected chi connectivity index (χ2v) is 4.64. The van der Waals surface area contributed by atoms with Crippen molar-refractivity contribution in [2.24, 2.45) is 11.8 Å². The van der Waals surface area contributed by atoms with E-state index in [9.17, 15) is 5.11 Å². The summed E-state index contributed by atoms with van der Waals surface area (Å²) in [7, 11) is 0. The quantitative estimate of drug-likeness (QED) is 0.597. The fourth-order valence-corrected chi connectivity index (χ4v) is 2.49. The molecule has 1 N–H and O–H groups in total. The van der Waals surface area contributed by atoms with Crippen LogP contribution in [0.15, 0.2) is 12.2 Å². The molecule has 1 heteroatoms. The van der Waals surface area contributed by atoms with Crippen LogP contribution in [0.2, 0.25) is 0 Å². The highest BCUT2D eigenvalue weighted by atomic mass is 16.3. The van der Waals surface area contributed by atoms with E-state index in [0.29, 0.717) is 11.8 Å². The summed E-state index contributed by atoms with van der Waals surface area (Å²) >= 11 is 0. The highest BCUT2D eigenvalue weighted by molar-refractivity contribution is 5.06. The molecule has 1 rings (SSSR count). The van der Waals surface area contributed by atoms with Crippen molar-refractivity contribution in [1.82, 2.24) is 0 Å². The Labute approximate surface area is 75.5 Å². The Morgan fingerprint density at radius 3 is 2.50 bits per heavy atom. The van der Waals surface area contributed by atoms with Gasteiger partial charge in [0.05, 0.1) is 5.60 Å². The fraction of sp³-hybridized carbons (Fsp3) is 0.818. The Morgan fingerprint density at radius 1 is 1.50 bits per heavy atom. The maximum Gasteiger partial charge on any atom is 0.0687 e. The minimum Gasteiger partial charge on any atom is -0.390 e. The lowest BCUT2D eigenvalue weighted by Crippen LogP contribution is -2.40. The Balaban J connectivity index is 2.70. The van der Waals surface area contributed by atoms with Crippen LogP contribution in [0.5, 0.6) is 0 Å². The van der Waals surface area contributed by atoms with Crippen LogP contribution >= 0.6 is 0 Å². The smallest absolute Gasteiger partial charge is 0.0687 e. The molecule has 1 saturated carbocycles. The Morgan fingerprint density at radius 2 is 2.08 bits per heavy atom. The van der Waals surface area contributed by atoms with E-state index in [1.807, 2.05) is 13.8 Å². The number of aliphatic hydroxyl groups is 1. The van der Waals surface area contributed by atoms with Crippen LogP contribution in [-0.4, -0.2) is 10.7 Å². The van der Waals surface area contributed by atoms with Gasteiger partial charge in [-0.25, -0.2) is 0 Å². The molecule has 0 radical (unpaired) electrons. The summed E-state index contributed by atoms with van der Waals surface area (Å²) in [5.74, 6) is 0.976. The van der Waals surface area contributed by atoms with Crippen LogP contribution in [-0.2, 0) is 0 Å². The Bertz CT molecular complexity index is 181. The van der Waals surface area contributed by atoms with Gasteiger partial charge >= 0.3 is 0 Å². The minimum absolute atomic E-state index is 0.314. The van der Waals surface area contributed by atoms with Gasteiger partial charge < -0.3 is 5.11 Å². The molecule has 3 atom stereocenters. The lowest BCUT2D eigenvalue weighted by Gasteiger charge is -2.40. The first-order chi connectivity index (χ1) is 5.43. The largest absolute Gasteiger partial charge is 0.390 e. The van der Waals surface area contributed by atoms with Crippen LogP contribution in [0.1, 0.15) is 40.0 Å². The van der Waals surface area contributed by atoms with Crippen LogP contribution in [0.4, 0.5) is 0 Å². The highest BCUT2D eigenvalue weighted by Crippen LogP contribution is 2.39. The standard InChI is InChI=1S/C11H20O/c1-8(2)10-6-5-9(3)7-11(10,4)12/h9-10,12H,1,5-7H2,2-4H3/t9-,10+,11-/m1/s1. The molecule has 0 aromatic carbocycles. The molecule has 12 heavy (non-hydrogen) atoms. The van der Waals surface area contributed by atoms with Crippen molar-refractivity contribution in [3.05, 3.63) is 12.2 Å². The fourth-order valence-electron chi connectivity index (χ4n) is 2.49. The predicted molar refractivity (Wildman–Crippen MR) is 51.9 cm³/mol. The molecule has 1 fully saturated rings. The molecule has 0 amide bonds. The zero-order valence-corrected chi connectivity index (χ0v) is 8.43. The average molecular weight is 168 g/mol. The number of rotatable bonds is 1. The predicted octanol–water partition coefficient (Wildman–Crippen LogP) is 2.75. The first-order valence-corrected chi connectivity index (χ1v) is 4.81. The van der Waals surface area contributed by atoms with Gasteiger partial charge in [0.25, 0.3) is 0 Å². The molecule has 1 nitrogen and oxygen atoms in total. The van der Waals surface area contributed by atoms with Crippen molar-refractivity contribution in [2.45, 2.75) is 45.6 Å². The van der Waals surface area contributed by atoms with Crippen LogP contribution in [0.25, 0.3) is 0 Å². The second-order valence-electron chi connectivity index (χ2n) is 4.64. The Hall–Kier alpha value is -0.300. The zero-order valence-electron chi connectivity index (χ0n) is 8.43. The van der Waals surface area contributed by atoms with Gasteiger partial charge in [-0.05, 0) is 39.0 Å². The molecule has 1 aliphatic carbocycles. The lowest BCUT2D eigenvalue weighted by atomic mass is 9.70. The molecular weight excluding hydrogens is 148 g/mol. The molecule has 0 aliphatic heterocycles. The van der Waals surface area contributed by atoms with E-state index in [-0.39, 0.29) is 0 Å². The third-order valence-electron chi connectivity index (χ3n) is 3.06. The van der Waals surface area contributed by atoms with Gasteiger partial charge in [-0.1, -0.05) is 19.1 Å². The SMILES string of the molecule is C=C(C)[C@@H]1CC[C@@H](C)C[C@@]1(C)O. The molecule has 0 unspecified atom stereocenters. The van der Waals surface area contributed by atoms with E-state index in [2.05, 4.69) is 13.5 Å². The topological polar surface area (TPSA) is 20.2 Å². The van der Waals surface area contributed by atoms with Gasteiger partial charge in [0.15, 0.2) is 0 Å². The van der Waals surface area contributed by atoms with E-state index in [4.69, 9.17) is 0 Å². The van der Waals surface area contributed by atoms with E-state index < -0.39 is 5.60 Å². The van der Waals surface area contributed by atoms with Gasteiger partial charge in [0, 0.05) is 5.92 Å². The van der Waals surface area contributed by atoms with Crippen molar-refractivity contribution in [3.63, 3.8) is 0 Å². The molecule has 1 aliphatic rings. The normalized spacial score (nSPS) is 42.7. The summed E-state index contributed by atoms with van der Waals surface area (Å²) in [6, 6.07) is 0. The summed E-state index contributed by atoms with van der Waals surface area (Å²) in [5.41, 5.74) is 0.621. The van der Waals surface area contributed by atoms with Crippen molar-refractivity contribution in [2.75, 3.05) is 0 Å². The van der Waals surface area contributed by atoms with Crippen LogP contribution < -0.4 is 0 Å². The maximum atomic E-state index is 10.1. The van der Waals surface area contributed by atoms with Crippen molar-refractivity contribution >= 4 is 0 Å². The van der Waals surface area contributed by atoms with E-state index in [1.54, 1.807) is 0 Å². The summed E-state index contributed by atoms with van der Waals surface area (Å²) in [5, 5.41) is 10.1. The van der Waals surface area contributed by atoms with Crippen LogP contribution in [0, 0.1) is 11.8 Å². The first-order valence-electron chi connectivity index (χ1n) is 4.81. The molecular formula is C11H20O. The van der Waals surface area contributed by atoms with Gasteiger partial charge in [0.1, 0.15) is 0 Å². The summed E-state index contributed by atoms with van der Waals surface area (Å²) < 4.78 is 0.